The summed E-state index contributed by atoms with van der Waals surface area (Å²) >= 11 is 0. The fourth-order valence-electron chi connectivity index (χ4n) is 3.79. The van der Waals surface area contributed by atoms with Crippen molar-refractivity contribution in [1.82, 2.24) is 24.5 Å². The van der Waals surface area contributed by atoms with E-state index in [2.05, 4.69) is 15.1 Å². The molecule has 1 fully saturated rings. The Morgan fingerprint density at radius 2 is 2.00 bits per heavy atom. The summed E-state index contributed by atoms with van der Waals surface area (Å²) in [6.45, 7) is 1.43. The van der Waals surface area contributed by atoms with Crippen molar-refractivity contribution < 1.29 is 18.3 Å². The molecule has 0 spiro atoms. The predicted octanol–water partition coefficient (Wildman–Crippen LogP) is 3.51. The quantitative estimate of drug-likeness (QED) is 0.504. The summed E-state index contributed by atoms with van der Waals surface area (Å²) in [6, 6.07) is 14.0. The van der Waals surface area contributed by atoms with Crippen LogP contribution in [0.25, 0.3) is 16.6 Å². The second kappa shape index (κ2) is 7.26. The molecule has 0 unspecified atom stereocenters. The molecule has 0 saturated carbocycles. The number of likely N-dealkylation sites (tertiary alicyclic amines) is 1. The smallest absolute Gasteiger partial charge is 0.287 e. The van der Waals surface area contributed by atoms with Gasteiger partial charge in [-0.3, -0.25) is 4.79 Å². The fraction of sp³-hybridized carbons (Fsp3) is 0.273. The van der Waals surface area contributed by atoms with Crippen molar-refractivity contribution in [1.29, 1.82) is 0 Å². The molecular weight excluding hydrogens is 404 g/mol. The Bertz CT molecular complexity index is 1290. The number of carbonyl (C=O) groups excluding carboxylic acids is 1. The maximum atomic E-state index is 14.7. The van der Waals surface area contributed by atoms with E-state index >= 15 is 0 Å². The van der Waals surface area contributed by atoms with E-state index < -0.39 is 24.4 Å². The molecule has 1 aromatic carbocycles. The molecule has 4 aromatic rings. The van der Waals surface area contributed by atoms with E-state index in [1.165, 1.54) is 9.42 Å². The van der Waals surface area contributed by atoms with Crippen LogP contribution in [0.15, 0.2) is 54.7 Å². The number of hydrogen-bond acceptors (Lipinski definition) is 5. The second-order valence-electron chi connectivity index (χ2n) is 7.59. The first-order valence-corrected chi connectivity index (χ1v) is 9.92. The van der Waals surface area contributed by atoms with Crippen LogP contribution in [0, 0.1) is 6.92 Å². The second-order valence-corrected chi connectivity index (χ2v) is 7.59. The number of halogens is 2. The van der Waals surface area contributed by atoms with Gasteiger partial charge in [-0.25, -0.2) is 23.3 Å². The highest BCUT2D eigenvalue weighted by Crippen LogP contribution is 2.32. The average molecular weight is 423 g/mol. The minimum Gasteiger partial charge on any atom is -0.466 e. The summed E-state index contributed by atoms with van der Waals surface area (Å²) in [4.78, 5) is 23.2. The van der Waals surface area contributed by atoms with Crippen LogP contribution in [0.2, 0.25) is 0 Å². The van der Waals surface area contributed by atoms with Gasteiger partial charge in [-0.1, -0.05) is 18.2 Å². The molecule has 1 aliphatic rings. The Labute approximate surface area is 176 Å². The Morgan fingerprint density at radius 3 is 2.87 bits per heavy atom. The molecule has 1 amide bonds. The number of aryl methyl sites for hydroxylation is 1. The van der Waals surface area contributed by atoms with E-state index in [4.69, 9.17) is 4.74 Å². The third-order valence-corrected chi connectivity index (χ3v) is 5.40. The lowest BCUT2D eigenvalue weighted by Gasteiger charge is -2.37. The molecule has 9 heteroatoms. The first-order chi connectivity index (χ1) is 14.9. The molecule has 5 rings (SSSR count). The van der Waals surface area contributed by atoms with Crippen LogP contribution < -0.4 is 4.74 Å². The van der Waals surface area contributed by atoms with Gasteiger partial charge < -0.3 is 9.64 Å². The first-order valence-electron chi connectivity index (χ1n) is 9.92. The van der Waals surface area contributed by atoms with Crippen molar-refractivity contribution in [3.05, 3.63) is 66.1 Å². The standard InChI is InChI=1S/C22H19F2N5O2/c1-14-12-17(29-19(26-14)8-10-25-29)21(30)28-11-9-22(23,24)18(13-28)31-20-7-6-15-4-2-3-5-16(15)27-20/h2-8,10,12,18H,9,11,13H2,1H3/t18-/m0/s1. The summed E-state index contributed by atoms with van der Waals surface area (Å²) in [5, 5.41) is 5.02. The molecule has 1 aliphatic heterocycles. The molecule has 0 bridgehead atoms. The Balaban J connectivity index is 1.41. The van der Waals surface area contributed by atoms with Crippen molar-refractivity contribution in [2.45, 2.75) is 25.4 Å². The zero-order valence-corrected chi connectivity index (χ0v) is 16.7. The number of nitrogens with zero attached hydrogens (tertiary/aromatic N) is 5. The number of fused-ring (bicyclic) bond motifs is 2. The molecule has 158 valence electrons. The zero-order chi connectivity index (χ0) is 21.6. The minimum atomic E-state index is -3.08. The van der Waals surface area contributed by atoms with E-state index in [1.54, 1.807) is 43.5 Å². The zero-order valence-electron chi connectivity index (χ0n) is 16.7. The summed E-state index contributed by atoms with van der Waals surface area (Å²) in [5.41, 5.74) is 2.10. The number of ether oxygens (including phenoxy) is 1. The number of para-hydroxylation sites is 1. The van der Waals surface area contributed by atoms with E-state index in [9.17, 15) is 13.6 Å². The van der Waals surface area contributed by atoms with Crippen molar-refractivity contribution >= 4 is 22.5 Å². The van der Waals surface area contributed by atoms with Crippen molar-refractivity contribution in [3.8, 4) is 5.88 Å². The van der Waals surface area contributed by atoms with Gasteiger partial charge in [0.15, 0.2) is 11.8 Å². The Morgan fingerprint density at radius 1 is 1.16 bits per heavy atom. The molecule has 0 N–H and O–H groups in total. The third-order valence-electron chi connectivity index (χ3n) is 5.40. The Hall–Kier alpha value is -3.62. The Kier molecular flexibility index (Phi) is 4.53. The normalized spacial score (nSPS) is 18.4. The molecule has 1 atom stereocenters. The van der Waals surface area contributed by atoms with Crippen molar-refractivity contribution in [3.63, 3.8) is 0 Å². The van der Waals surface area contributed by atoms with Crippen LogP contribution in [0.1, 0.15) is 22.6 Å². The molecule has 4 heterocycles. The van der Waals surface area contributed by atoms with Crippen LogP contribution in [-0.2, 0) is 0 Å². The monoisotopic (exact) mass is 423 g/mol. The van der Waals surface area contributed by atoms with Gasteiger partial charge in [-0.15, -0.1) is 0 Å². The van der Waals surface area contributed by atoms with Gasteiger partial charge in [-0.05, 0) is 25.1 Å². The minimum absolute atomic E-state index is 0.0824. The number of carbonyl (C=O) groups is 1. The number of benzene rings is 1. The van der Waals surface area contributed by atoms with Crippen molar-refractivity contribution in [2.24, 2.45) is 0 Å². The van der Waals surface area contributed by atoms with Crippen molar-refractivity contribution in [2.75, 3.05) is 13.1 Å². The topological polar surface area (TPSA) is 72.6 Å². The van der Waals surface area contributed by atoms with Crippen LogP contribution >= 0.6 is 0 Å². The van der Waals surface area contributed by atoms with Gasteiger partial charge >= 0.3 is 0 Å². The van der Waals surface area contributed by atoms with Gasteiger partial charge in [0, 0.05) is 36.2 Å². The number of pyridine rings is 1. The number of alkyl halides is 2. The first kappa shape index (κ1) is 19.3. The van der Waals surface area contributed by atoms with Crippen LogP contribution in [-0.4, -0.2) is 55.5 Å². The molecule has 0 aliphatic carbocycles. The van der Waals surface area contributed by atoms with Gasteiger partial charge in [-0.2, -0.15) is 5.10 Å². The van der Waals surface area contributed by atoms with Gasteiger partial charge in [0.05, 0.1) is 18.3 Å². The van der Waals surface area contributed by atoms with Crippen LogP contribution in [0.4, 0.5) is 8.78 Å². The van der Waals surface area contributed by atoms with Crippen LogP contribution in [0.3, 0.4) is 0 Å². The number of piperidine rings is 1. The largest absolute Gasteiger partial charge is 0.466 e. The van der Waals surface area contributed by atoms with Gasteiger partial charge in [0.2, 0.25) is 5.88 Å². The highest BCUT2D eigenvalue weighted by molar-refractivity contribution is 5.93. The maximum Gasteiger partial charge on any atom is 0.287 e. The SMILES string of the molecule is Cc1cc(C(=O)N2CCC(F)(F)[C@@H](Oc3ccc4ccccc4n3)C2)n2nccc2n1. The average Bonchev–Trinajstić information content (AvgIpc) is 3.22. The van der Waals surface area contributed by atoms with Crippen LogP contribution in [0.5, 0.6) is 5.88 Å². The lowest BCUT2D eigenvalue weighted by Crippen LogP contribution is -2.55. The third kappa shape index (κ3) is 3.56. The molecule has 0 radical (unpaired) electrons. The number of amides is 1. The number of rotatable bonds is 3. The summed E-state index contributed by atoms with van der Waals surface area (Å²) in [7, 11) is 0. The highest BCUT2D eigenvalue weighted by Gasteiger charge is 2.47. The lowest BCUT2D eigenvalue weighted by molar-refractivity contribution is -0.131. The van der Waals surface area contributed by atoms with E-state index in [-0.39, 0.29) is 24.7 Å². The van der Waals surface area contributed by atoms with E-state index in [1.807, 2.05) is 18.2 Å². The molecule has 31 heavy (non-hydrogen) atoms. The number of aromatic nitrogens is 4. The molecule has 3 aromatic heterocycles. The van der Waals surface area contributed by atoms with Gasteiger partial charge in [0.1, 0.15) is 5.69 Å². The maximum absolute atomic E-state index is 14.7. The molecule has 1 saturated heterocycles. The van der Waals surface area contributed by atoms with Gasteiger partial charge in [0.25, 0.3) is 11.8 Å². The lowest BCUT2D eigenvalue weighted by atomic mass is 10.0. The highest BCUT2D eigenvalue weighted by atomic mass is 19.3. The van der Waals surface area contributed by atoms with E-state index in [0.29, 0.717) is 16.9 Å². The molecule has 7 nitrogen and oxygen atoms in total. The fourth-order valence-corrected chi connectivity index (χ4v) is 3.79. The molecular formula is C22H19F2N5O2. The summed E-state index contributed by atoms with van der Waals surface area (Å²) in [5.74, 6) is -3.37. The number of hydrogen-bond donors (Lipinski definition) is 0. The predicted molar refractivity (Wildman–Crippen MR) is 109 cm³/mol. The summed E-state index contributed by atoms with van der Waals surface area (Å²) < 4.78 is 36.3. The van der Waals surface area contributed by atoms with E-state index in [0.717, 1.165) is 5.39 Å². The summed E-state index contributed by atoms with van der Waals surface area (Å²) in [6.07, 6.45) is -0.460.